The predicted molar refractivity (Wildman–Crippen MR) is 65.0 cm³/mol. The van der Waals surface area contributed by atoms with Crippen LogP contribution < -0.4 is 5.32 Å². The largest absolute Gasteiger partial charge is 0.353 e. The number of thioether (sulfide) groups is 1. The molecule has 0 aromatic heterocycles. The summed E-state index contributed by atoms with van der Waals surface area (Å²) in [7, 11) is 0. The summed E-state index contributed by atoms with van der Waals surface area (Å²) in [5.74, 6) is 2.12. The topological polar surface area (TPSA) is 29.1 Å². The number of amides is 1. The monoisotopic (exact) mass is 227 g/mol. The standard InChI is InChI=1S/C12H21NOS/c1-8(2)4-10-12(6-11(14)13-10)5-9(3)15-7-12/h8-10H,4-7H2,1-3H3,(H,13,14). The lowest BCUT2D eigenvalue weighted by Crippen LogP contribution is -2.38. The van der Waals surface area contributed by atoms with Gasteiger partial charge in [-0.1, -0.05) is 20.8 Å². The van der Waals surface area contributed by atoms with Crippen LogP contribution in [0, 0.1) is 11.3 Å². The van der Waals surface area contributed by atoms with E-state index in [4.69, 9.17) is 0 Å². The van der Waals surface area contributed by atoms with Crippen molar-refractivity contribution in [3.63, 3.8) is 0 Å². The molecule has 2 saturated heterocycles. The first-order valence-corrected chi connectivity index (χ1v) is 6.98. The number of hydrogen-bond donors (Lipinski definition) is 1. The van der Waals surface area contributed by atoms with Crippen LogP contribution in [0.5, 0.6) is 0 Å². The van der Waals surface area contributed by atoms with E-state index in [2.05, 4.69) is 26.1 Å². The molecule has 2 nitrogen and oxygen atoms in total. The van der Waals surface area contributed by atoms with Crippen molar-refractivity contribution >= 4 is 17.7 Å². The van der Waals surface area contributed by atoms with Gasteiger partial charge < -0.3 is 5.32 Å². The summed E-state index contributed by atoms with van der Waals surface area (Å²) >= 11 is 2.03. The lowest BCUT2D eigenvalue weighted by molar-refractivity contribution is -0.119. The Morgan fingerprint density at radius 2 is 2.33 bits per heavy atom. The summed E-state index contributed by atoms with van der Waals surface area (Å²) in [4.78, 5) is 11.6. The molecule has 1 N–H and O–H groups in total. The quantitative estimate of drug-likeness (QED) is 0.785. The summed E-state index contributed by atoms with van der Waals surface area (Å²) in [5.41, 5.74) is 0.283. The zero-order valence-electron chi connectivity index (χ0n) is 9.88. The molecule has 0 radical (unpaired) electrons. The van der Waals surface area contributed by atoms with E-state index < -0.39 is 0 Å². The molecular weight excluding hydrogens is 206 g/mol. The fourth-order valence-electron chi connectivity index (χ4n) is 2.99. The predicted octanol–water partition coefficient (Wildman–Crippen LogP) is 2.43. The van der Waals surface area contributed by atoms with Crippen molar-refractivity contribution in [1.29, 1.82) is 0 Å². The van der Waals surface area contributed by atoms with Crippen molar-refractivity contribution in [2.24, 2.45) is 11.3 Å². The fourth-order valence-corrected chi connectivity index (χ4v) is 4.47. The third kappa shape index (κ3) is 2.17. The molecule has 0 aliphatic carbocycles. The van der Waals surface area contributed by atoms with Crippen LogP contribution in [0.15, 0.2) is 0 Å². The fraction of sp³-hybridized carbons (Fsp3) is 0.917. The highest BCUT2D eigenvalue weighted by Gasteiger charge is 2.50. The Balaban J connectivity index is 2.11. The minimum Gasteiger partial charge on any atom is -0.353 e. The number of rotatable bonds is 2. The van der Waals surface area contributed by atoms with Gasteiger partial charge in [0, 0.05) is 28.9 Å². The van der Waals surface area contributed by atoms with E-state index in [1.807, 2.05) is 11.8 Å². The molecule has 3 heteroatoms. The van der Waals surface area contributed by atoms with Gasteiger partial charge in [0.15, 0.2) is 0 Å². The normalized spacial score (nSPS) is 40.4. The highest BCUT2D eigenvalue weighted by atomic mass is 32.2. The number of carbonyl (C=O) groups excluding carboxylic acids is 1. The first-order valence-electron chi connectivity index (χ1n) is 5.93. The van der Waals surface area contributed by atoms with Crippen LogP contribution in [0.3, 0.4) is 0 Å². The average molecular weight is 227 g/mol. The van der Waals surface area contributed by atoms with Gasteiger partial charge in [0.25, 0.3) is 0 Å². The van der Waals surface area contributed by atoms with Crippen molar-refractivity contribution in [2.45, 2.75) is 51.3 Å². The molecule has 1 amide bonds. The Kier molecular flexibility index (Phi) is 3.02. The lowest BCUT2D eigenvalue weighted by atomic mass is 9.76. The van der Waals surface area contributed by atoms with Gasteiger partial charge in [-0.2, -0.15) is 11.8 Å². The Hall–Kier alpha value is -0.180. The molecule has 0 aromatic rings. The van der Waals surface area contributed by atoms with Gasteiger partial charge in [-0.25, -0.2) is 0 Å². The van der Waals surface area contributed by atoms with E-state index in [0.717, 1.165) is 18.1 Å². The van der Waals surface area contributed by atoms with E-state index >= 15 is 0 Å². The molecule has 2 heterocycles. The van der Waals surface area contributed by atoms with E-state index in [1.165, 1.54) is 12.2 Å². The van der Waals surface area contributed by atoms with Gasteiger partial charge in [0.2, 0.25) is 5.91 Å². The molecule has 0 bridgehead atoms. The smallest absolute Gasteiger partial charge is 0.220 e. The molecule has 3 atom stereocenters. The average Bonchev–Trinajstić information content (AvgIpc) is 2.58. The molecule has 2 rings (SSSR count). The maximum absolute atomic E-state index is 11.6. The van der Waals surface area contributed by atoms with Crippen molar-refractivity contribution < 1.29 is 4.79 Å². The SMILES string of the molecule is CC(C)CC1NC(=O)CC12CSC(C)C2. The highest BCUT2D eigenvalue weighted by Crippen LogP contribution is 2.49. The number of nitrogens with one attached hydrogen (secondary N) is 1. The van der Waals surface area contributed by atoms with E-state index in [9.17, 15) is 4.79 Å². The van der Waals surface area contributed by atoms with Gasteiger partial charge >= 0.3 is 0 Å². The van der Waals surface area contributed by atoms with Crippen molar-refractivity contribution in [3.05, 3.63) is 0 Å². The van der Waals surface area contributed by atoms with Crippen molar-refractivity contribution in [2.75, 3.05) is 5.75 Å². The summed E-state index contributed by atoms with van der Waals surface area (Å²) in [5, 5.41) is 3.92. The molecule has 86 valence electrons. The summed E-state index contributed by atoms with van der Waals surface area (Å²) < 4.78 is 0. The summed E-state index contributed by atoms with van der Waals surface area (Å²) in [6.07, 6.45) is 3.12. The minimum absolute atomic E-state index is 0.273. The van der Waals surface area contributed by atoms with Crippen LogP contribution >= 0.6 is 11.8 Å². The molecule has 15 heavy (non-hydrogen) atoms. The molecule has 2 aliphatic rings. The Labute approximate surface area is 96.6 Å². The van der Waals surface area contributed by atoms with Crippen molar-refractivity contribution in [3.8, 4) is 0 Å². The molecule has 1 spiro atoms. The zero-order valence-corrected chi connectivity index (χ0v) is 10.7. The Morgan fingerprint density at radius 3 is 2.87 bits per heavy atom. The number of carbonyl (C=O) groups is 1. The zero-order chi connectivity index (χ0) is 11.1. The third-order valence-corrected chi connectivity index (χ3v) is 5.12. The molecule has 0 aromatic carbocycles. The second-order valence-corrected chi connectivity index (χ2v) is 7.04. The maximum Gasteiger partial charge on any atom is 0.220 e. The van der Waals surface area contributed by atoms with E-state index in [0.29, 0.717) is 12.0 Å². The van der Waals surface area contributed by atoms with E-state index in [1.54, 1.807) is 0 Å². The molecule has 2 fully saturated rings. The minimum atomic E-state index is 0.273. The highest BCUT2D eigenvalue weighted by molar-refractivity contribution is 8.00. The van der Waals surface area contributed by atoms with E-state index in [-0.39, 0.29) is 11.3 Å². The Morgan fingerprint density at radius 1 is 1.60 bits per heavy atom. The van der Waals surface area contributed by atoms with Crippen LogP contribution in [0.25, 0.3) is 0 Å². The van der Waals surface area contributed by atoms with Crippen LogP contribution in [0.2, 0.25) is 0 Å². The summed E-state index contributed by atoms with van der Waals surface area (Å²) in [6.45, 7) is 6.77. The second-order valence-electron chi connectivity index (χ2n) is 5.61. The van der Waals surface area contributed by atoms with Gasteiger partial charge in [-0.05, 0) is 18.8 Å². The molecule has 0 saturated carbocycles. The van der Waals surface area contributed by atoms with Gasteiger partial charge in [-0.15, -0.1) is 0 Å². The molecular formula is C12H21NOS. The van der Waals surface area contributed by atoms with Gasteiger partial charge in [0.1, 0.15) is 0 Å². The molecule has 2 aliphatic heterocycles. The Bertz CT molecular complexity index is 266. The van der Waals surface area contributed by atoms with Crippen LogP contribution in [-0.2, 0) is 4.79 Å². The van der Waals surface area contributed by atoms with Gasteiger partial charge in [0.05, 0.1) is 0 Å². The van der Waals surface area contributed by atoms with Crippen LogP contribution in [-0.4, -0.2) is 23.0 Å². The first-order chi connectivity index (χ1) is 7.02. The maximum atomic E-state index is 11.6. The van der Waals surface area contributed by atoms with Crippen molar-refractivity contribution in [1.82, 2.24) is 5.32 Å². The number of hydrogen-bond acceptors (Lipinski definition) is 2. The first kappa shape index (κ1) is 11.3. The summed E-state index contributed by atoms with van der Waals surface area (Å²) in [6, 6.07) is 0.433. The second kappa shape index (κ2) is 4.00. The molecule has 3 unspecified atom stereocenters. The lowest BCUT2D eigenvalue weighted by Gasteiger charge is -2.30. The third-order valence-electron chi connectivity index (χ3n) is 3.64. The van der Waals surface area contributed by atoms with Crippen LogP contribution in [0.1, 0.15) is 40.0 Å². The van der Waals surface area contributed by atoms with Crippen LogP contribution in [0.4, 0.5) is 0 Å². The van der Waals surface area contributed by atoms with Gasteiger partial charge in [-0.3, -0.25) is 4.79 Å².